The van der Waals surface area contributed by atoms with E-state index in [-0.39, 0.29) is 36.4 Å². The lowest BCUT2D eigenvalue weighted by Crippen LogP contribution is -2.51. The fraction of sp³-hybridized carbons (Fsp3) is 0.917. The zero-order valence-corrected chi connectivity index (χ0v) is 12.0. The fourth-order valence-electron chi connectivity index (χ4n) is 2.16. The SMILES string of the molecule is CCC1CN(C(=O)C(C)CNC)CC(C)O1.Cl. The van der Waals surface area contributed by atoms with Crippen LogP contribution in [0, 0.1) is 5.92 Å². The molecule has 1 saturated heterocycles. The van der Waals surface area contributed by atoms with Crippen molar-refractivity contribution >= 4 is 18.3 Å². The van der Waals surface area contributed by atoms with Crippen LogP contribution in [0.25, 0.3) is 0 Å². The number of nitrogens with zero attached hydrogens (tertiary/aromatic N) is 1. The average molecular weight is 265 g/mol. The van der Waals surface area contributed by atoms with Gasteiger partial charge in [-0.05, 0) is 20.4 Å². The predicted octanol–water partition coefficient (Wildman–Crippen LogP) is 1.29. The van der Waals surface area contributed by atoms with Crippen LogP contribution >= 0.6 is 12.4 Å². The maximum Gasteiger partial charge on any atom is 0.226 e. The lowest BCUT2D eigenvalue weighted by atomic mass is 10.1. The number of halogens is 1. The molecule has 0 spiro atoms. The summed E-state index contributed by atoms with van der Waals surface area (Å²) in [5.41, 5.74) is 0. The van der Waals surface area contributed by atoms with E-state index >= 15 is 0 Å². The Kier molecular flexibility index (Phi) is 7.75. The number of rotatable bonds is 4. The Labute approximate surface area is 110 Å². The molecule has 1 amide bonds. The number of carbonyl (C=O) groups is 1. The summed E-state index contributed by atoms with van der Waals surface area (Å²) in [7, 11) is 1.88. The molecule has 0 aromatic heterocycles. The van der Waals surface area contributed by atoms with Crippen molar-refractivity contribution in [1.29, 1.82) is 0 Å². The van der Waals surface area contributed by atoms with Crippen molar-refractivity contribution in [2.45, 2.75) is 39.4 Å². The Balaban J connectivity index is 0.00000256. The van der Waals surface area contributed by atoms with Gasteiger partial charge in [0.1, 0.15) is 0 Å². The summed E-state index contributed by atoms with van der Waals surface area (Å²) < 4.78 is 5.75. The molecule has 0 bridgehead atoms. The molecule has 0 saturated carbocycles. The minimum absolute atomic E-state index is 0. The van der Waals surface area contributed by atoms with Gasteiger partial charge >= 0.3 is 0 Å². The second kappa shape index (κ2) is 7.90. The molecule has 17 heavy (non-hydrogen) atoms. The smallest absolute Gasteiger partial charge is 0.226 e. The maximum absolute atomic E-state index is 12.1. The summed E-state index contributed by atoms with van der Waals surface area (Å²) in [6, 6.07) is 0. The zero-order valence-electron chi connectivity index (χ0n) is 11.2. The summed E-state index contributed by atoms with van der Waals surface area (Å²) in [6.07, 6.45) is 1.33. The Hall–Kier alpha value is -0.320. The molecular formula is C12H25ClN2O2. The molecule has 1 heterocycles. The predicted molar refractivity (Wildman–Crippen MR) is 71.5 cm³/mol. The van der Waals surface area contributed by atoms with E-state index < -0.39 is 0 Å². The molecule has 1 N–H and O–H groups in total. The third-order valence-corrected chi connectivity index (χ3v) is 3.03. The lowest BCUT2D eigenvalue weighted by Gasteiger charge is -2.37. The minimum atomic E-state index is 0. The first-order valence-electron chi connectivity index (χ1n) is 6.17. The van der Waals surface area contributed by atoms with Gasteiger partial charge in [0.2, 0.25) is 5.91 Å². The van der Waals surface area contributed by atoms with Gasteiger partial charge in [0.15, 0.2) is 0 Å². The molecule has 0 aromatic rings. The number of nitrogens with one attached hydrogen (secondary N) is 1. The summed E-state index contributed by atoms with van der Waals surface area (Å²) >= 11 is 0. The standard InChI is InChI=1S/C12H24N2O2.ClH/c1-5-11-8-14(7-10(3)16-11)12(15)9(2)6-13-4;/h9-11,13H,5-8H2,1-4H3;1H. The van der Waals surface area contributed by atoms with Crippen LogP contribution in [0.3, 0.4) is 0 Å². The Morgan fingerprint density at radius 2 is 2.18 bits per heavy atom. The van der Waals surface area contributed by atoms with Crippen LogP contribution in [-0.2, 0) is 9.53 Å². The van der Waals surface area contributed by atoms with Crippen molar-refractivity contribution in [2.75, 3.05) is 26.7 Å². The summed E-state index contributed by atoms with van der Waals surface area (Å²) in [6.45, 7) is 8.31. The molecule has 1 rings (SSSR count). The van der Waals surface area contributed by atoms with Crippen molar-refractivity contribution < 1.29 is 9.53 Å². The maximum atomic E-state index is 12.1. The van der Waals surface area contributed by atoms with Crippen LogP contribution in [0.2, 0.25) is 0 Å². The highest BCUT2D eigenvalue weighted by Gasteiger charge is 2.29. The van der Waals surface area contributed by atoms with Gasteiger partial charge in [0, 0.05) is 25.6 Å². The molecule has 102 valence electrons. The Bertz CT molecular complexity index is 239. The third kappa shape index (κ3) is 4.82. The van der Waals surface area contributed by atoms with Gasteiger partial charge in [-0.1, -0.05) is 13.8 Å². The highest BCUT2D eigenvalue weighted by molar-refractivity contribution is 5.85. The van der Waals surface area contributed by atoms with Gasteiger partial charge in [-0.25, -0.2) is 0 Å². The average Bonchev–Trinajstić information content (AvgIpc) is 2.27. The topological polar surface area (TPSA) is 41.6 Å². The first kappa shape index (κ1) is 16.7. The van der Waals surface area contributed by atoms with Crippen LogP contribution in [0.4, 0.5) is 0 Å². The molecular weight excluding hydrogens is 240 g/mol. The van der Waals surface area contributed by atoms with Crippen LogP contribution in [0.5, 0.6) is 0 Å². The normalized spacial score (nSPS) is 26.2. The van der Waals surface area contributed by atoms with Gasteiger partial charge in [0.25, 0.3) is 0 Å². The quantitative estimate of drug-likeness (QED) is 0.832. The monoisotopic (exact) mass is 264 g/mol. The van der Waals surface area contributed by atoms with E-state index in [1.54, 1.807) is 0 Å². The van der Waals surface area contributed by atoms with E-state index in [1.165, 1.54) is 0 Å². The molecule has 0 aromatic carbocycles. The number of carbonyl (C=O) groups excluding carboxylic acids is 1. The molecule has 5 heteroatoms. The van der Waals surface area contributed by atoms with Gasteiger partial charge in [-0.3, -0.25) is 4.79 Å². The first-order chi connectivity index (χ1) is 7.58. The number of morpholine rings is 1. The minimum Gasteiger partial charge on any atom is -0.372 e. The number of hydrogen-bond acceptors (Lipinski definition) is 3. The van der Waals surface area contributed by atoms with Crippen molar-refractivity contribution in [3.05, 3.63) is 0 Å². The van der Waals surface area contributed by atoms with E-state index in [9.17, 15) is 4.79 Å². The van der Waals surface area contributed by atoms with E-state index in [0.29, 0.717) is 0 Å². The van der Waals surface area contributed by atoms with Gasteiger partial charge in [-0.2, -0.15) is 0 Å². The third-order valence-electron chi connectivity index (χ3n) is 3.03. The van der Waals surface area contributed by atoms with E-state index in [2.05, 4.69) is 12.2 Å². The Morgan fingerprint density at radius 1 is 1.53 bits per heavy atom. The van der Waals surface area contributed by atoms with Crippen LogP contribution in [0.1, 0.15) is 27.2 Å². The number of amides is 1. The summed E-state index contributed by atoms with van der Waals surface area (Å²) in [4.78, 5) is 14.1. The number of ether oxygens (including phenoxy) is 1. The lowest BCUT2D eigenvalue weighted by molar-refractivity contribution is -0.148. The first-order valence-corrected chi connectivity index (χ1v) is 6.17. The molecule has 1 fully saturated rings. The summed E-state index contributed by atoms with van der Waals surface area (Å²) in [5, 5.41) is 3.05. The highest BCUT2D eigenvalue weighted by atomic mass is 35.5. The van der Waals surface area contributed by atoms with Crippen molar-refractivity contribution in [3.63, 3.8) is 0 Å². The largest absolute Gasteiger partial charge is 0.372 e. The van der Waals surface area contributed by atoms with E-state index in [0.717, 1.165) is 26.1 Å². The molecule has 3 unspecified atom stereocenters. The van der Waals surface area contributed by atoms with Crippen LogP contribution in [-0.4, -0.2) is 49.7 Å². The van der Waals surface area contributed by atoms with Crippen molar-refractivity contribution in [2.24, 2.45) is 5.92 Å². The molecule has 4 nitrogen and oxygen atoms in total. The Morgan fingerprint density at radius 3 is 2.71 bits per heavy atom. The van der Waals surface area contributed by atoms with Crippen molar-refractivity contribution in [1.82, 2.24) is 10.2 Å². The molecule has 0 aliphatic carbocycles. The van der Waals surface area contributed by atoms with E-state index in [4.69, 9.17) is 4.74 Å². The summed E-state index contributed by atoms with van der Waals surface area (Å²) in [5.74, 6) is 0.288. The van der Waals surface area contributed by atoms with Gasteiger partial charge in [-0.15, -0.1) is 12.4 Å². The number of hydrogen-bond donors (Lipinski definition) is 1. The molecule has 3 atom stereocenters. The fourth-order valence-corrected chi connectivity index (χ4v) is 2.16. The molecule has 1 aliphatic heterocycles. The zero-order chi connectivity index (χ0) is 12.1. The molecule has 0 radical (unpaired) electrons. The second-order valence-corrected chi connectivity index (χ2v) is 4.68. The van der Waals surface area contributed by atoms with Crippen molar-refractivity contribution in [3.8, 4) is 0 Å². The second-order valence-electron chi connectivity index (χ2n) is 4.68. The van der Waals surface area contributed by atoms with Gasteiger partial charge in [0.05, 0.1) is 12.2 Å². The van der Waals surface area contributed by atoms with Crippen LogP contribution < -0.4 is 5.32 Å². The highest BCUT2D eigenvalue weighted by Crippen LogP contribution is 2.15. The van der Waals surface area contributed by atoms with Gasteiger partial charge < -0.3 is 15.0 Å². The van der Waals surface area contributed by atoms with E-state index in [1.807, 2.05) is 25.8 Å². The van der Waals surface area contributed by atoms with Crippen LogP contribution in [0.15, 0.2) is 0 Å². The molecule has 1 aliphatic rings.